The monoisotopic (exact) mass is 433 g/mol. The summed E-state index contributed by atoms with van der Waals surface area (Å²) < 4.78 is 11.4. The Labute approximate surface area is 185 Å². The summed E-state index contributed by atoms with van der Waals surface area (Å²) >= 11 is 0. The topological polar surface area (TPSA) is 105 Å². The standard InChI is InChI=1S/C23H23N5O4/c1-3-19(29)27-16-6-4-15(5-7-16)23(30)25-11-13-32-18-9-8-17-20(21(18)31-2)26-14-28-12-10-24-22(17)28/h3-9,14H,1,10-13H2,2H3,(H,25,30)(H,27,29). The molecule has 2 aromatic rings. The first-order chi connectivity index (χ1) is 15.6. The van der Waals surface area contributed by atoms with E-state index in [0.29, 0.717) is 35.0 Å². The van der Waals surface area contributed by atoms with Crippen LogP contribution < -0.4 is 20.1 Å². The van der Waals surface area contributed by atoms with Gasteiger partial charge in [0.05, 0.1) is 26.5 Å². The Bertz CT molecular complexity index is 1110. The predicted octanol–water partition coefficient (Wildman–Crippen LogP) is 2.36. The van der Waals surface area contributed by atoms with Gasteiger partial charge in [0.2, 0.25) is 5.91 Å². The summed E-state index contributed by atoms with van der Waals surface area (Å²) in [6, 6.07) is 10.3. The minimum atomic E-state index is -0.309. The fourth-order valence-electron chi connectivity index (χ4n) is 3.44. The number of nitrogens with zero attached hydrogens (tertiary/aromatic N) is 3. The summed E-state index contributed by atoms with van der Waals surface area (Å²) in [4.78, 5) is 34.7. The maximum Gasteiger partial charge on any atom is 0.251 e. The third-order valence-electron chi connectivity index (χ3n) is 4.99. The van der Waals surface area contributed by atoms with Crippen LogP contribution in [0, 0.1) is 0 Å². The summed E-state index contributed by atoms with van der Waals surface area (Å²) in [7, 11) is 1.57. The smallest absolute Gasteiger partial charge is 0.251 e. The SMILES string of the molecule is C=CC(=O)Nc1ccc(C(=O)NCCOc2ccc3c(c2OC)N=CN2CCN=C32)cc1. The molecule has 0 saturated carbocycles. The van der Waals surface area contributed by atoms with Crippen LogP contribution in [-0.2, 0) is 4.79 Å². The summed E-state index contributed by atoms with van der Waals surface area (Å²) in [5.41, 5.74) is 2.66. The molecule has 2 amide bonds. The molecular formula is C23H23N5O4. The number of nitrogens with one attached hydrogen (secondary N) is 2. The number of benzene rings is 2. The van der Waals surface area contributed by atoms with Gasteiger partial charge in [0.25, 0.3) is 5.91 Å². The van der Waals surface area contributed by atoms with Crippen molar-refractivity contribution in [1.82, 2.24) is 10.2 Å². The Kier molecular flexibility index (Phi) is 6.16. The van der Waals surface area contributed by atoms with E-state index in [4.69, 9.17) is 9.47 Å². The molecule has 9 nitrogen and oxygen atoms in total. The number of methoxy groups -OCH3 is 1. The lowest BCUT2D eigenvalue weighted by atomic mass is 10.1. The molecule has 0 spiro atoms. The zero-order valence-corrected chi connectivity index (χ0v) is 17.6. The van der Waals surface area contributed by atoms with Crippen molar-refractivity contribution >= 4 is 35.4 Å². The van der Waals surface area contributed by atoms with E-state index in [1.807, 2.05) is 17.0 Å². The van der Waals surface area contributed by atoms with Gasteiger partial charge in [0.15, 0.2) is 11.5 Å². The van der Waals surface area contributed by atoms with Crippen molar-refractivity contribution in [2.24, 2.45) is 9.98 Å². The number of hydrogen-bond donors (Lipinski definition) is 2. The molecule has 2 aliphatic heterocycles. The molecule has 4 rings (SSSR count). The highest BCUT2D eigenvalue weighted by Gasteiger charge is 2.27. The largest absolute Gasteiger partial charge is 0.491 e. The van der Waals surface area contributed by atoms with E-state index in [-0.39, 0.29) is 18.4 Å². The van der Waals surface area contributed by atoms with Gasteiger partial charge in [0.1, 0.15) is 18.1 Å². The van der Waals surface area contributed by atoms with E-state index < -0.39 is 0 Å². The lowest BCUT2D eigenvalue weighted by Gasteiger charge is -2.23. The van der Waals surface area contributed by atoms with E-state index in [0.717, 1.165) is 24.5 Å². The van der Waals surface area contributed by atoms with Crippen LogP contribution in [0.15, 0.2) is 59.0 Å². The van der Waals surface area contributed by atoms with Crippen molar-refractivity contribution in [3.8, 4) is 11.5 Å². The summed E-state index contributed by atoms with van der Waals surface area (Å²) in [5, 5.41) is 5.44. The molecule has 32 heavy (non-hydrogen) atoms. The van der Waals surface area contributed by atoms with Crippen LogP contribution in [0.3, 0.4) is 0 Å². The van der Waals surface area contributed by atoms with Crippen molar-refractivity contribution in [2.45, 2.75) is 0 Å². The quantitative estimate of drug-likeness (QED) is 0.491. The number of amides is 2. The molecule has 0 aromatic heterocycles. The minimum absolute atomic E-state index is 0.239. The number of rotatable bonds is 8. The van der Waals surface area contributed by atoms with Crippen LogP contribution in [0.25, 0.3) is 0 Å². The number of carbonyl (C=O) groups is 2. The van der Waals surface area contributed by atoms with Gasteiger partial charge in [-0.15, -0.1) is 0 Å². The van der Waals surface area contributed by atoms with Crippen LogP contribution >= 0.6 is 0 Å². The number of aliphatic imine (C=N–C) groups is 2. The van der Waals surface area contributed by atoms with Crippen LogP contribution in [-0.4, -0.2) is 62.2 Å². The molecule has 0 unspecified atom stereocenters. The van der Waals surface area contributed by atoms with Crippen molar-refractivity contribution in [3.05, 3.63) is 60.2 Å². The molecule has 0 fully saturated rings. The first kappa shape index (κ1) is 21.1. The summed E-state index contributed by atoms with van der Waals surface area (Å²) in [6.45, 7) is 5.53. The number of anilines is 1. The molecule has 2 heterocycles. The molecule has 2 aromatic carbocycles. The van der Waals surface area contributed by atoms with Gasteiger partial charge >= 0.3 is 0 Å². The molecule has 2 N–H and O–H groups in total. The second-order valence-electron chi connectivity index (χ2n) is 7.01. The fourth-order valence-corrected chi connectivity index (χ4v) is 3.44. The Balaban J connectivity index is 1.33. The van der Waals surface area contributed by atoms with Crippen LogP contribution in [0.4, 0.5) is 11.4 Å². The fraction of sp³-hybridized carbons (Fsp3) is 0.217. The molecule has 0 aliphatic carbocycles. The summed E-state index contributed by atoms with van der Waals surface area (Å²) in [5.74, 6) is 1.43. The van der Waals surface area contributed by atoms with E-state index in [1.54, 1.807) is 37.7 Å². The molecule has 9 heteroatoms. The number of fused-ring (bicyclic) bond motifs is 3. The lowest BCUT2D eigenvalue weighted by Crippen LogP contribution is -2.29. The highest BCUT2D eigenvalue weighted by molar-refractivity contribution is 6.12. The van der Waals surface area contributed by atoms with E-state index in [1.165, 1.54) is 6.08 Å². The Morgan fingerprint density at radius 2 is 2.03 bits per heavy atom. The number of hydrogen-bond acceptors (Lipinski definition) is 7. The van der Waals surface area contributed by atoms with Crippen LogP contribution in [0.5, 0.6) is 11.5 Å². The normalized spacial score (nSPS) is 13.5. The zero-order valence-electron chi connectivity index (χ0n) is 17.6. The van der Waals surface area contributed by atoms with Gasteiger partial charge < -0.3 is 25.0 Å². The van der Waals surface area contributed by atoms with Gasteiger partial charge in [-0.2, -0.15) is 0 Å². The molecule has 0 atom stereocenters. The number of ether oxygens (including phenoxy) is 2. The molecule has 0 bridgehead atoms. The third kappa shape index (κ3) is 4.31. The lowest BCUT2D eigenvalue weighted by molar-refractivity contribution is -0.111. The second kappa shape index (κ2) is 9.34. The first-order valence-corrected chi connectivity index (χ1v) is 10.1. The zero-order chi connectivity index (χ0) is 22.5. The van der Waals surface area contributed by atoms with Gasteiger partial charge in [0, 0.05) is 23.4 Å². The van der Waals surface area contributed by atoms with Crippen molar-refractivity contribution in [1.29, 1.82) is 0 Å². The Hall–Kier alpha value is -4.14. The molecule has 0 saturated heterocycles. The van der Waals surface area contributed by atoms with Gasteiger partial charge in [-0.3, -0.25) is 14.6 Å². The van der Waals surface area contributed by atoms with E-state index >= 15 is 0 Å². The molecule has 2 aliphatic rings. The Morgan fingerprint density at radius 1 is 1.22 bits per heavy atom. The molecular weight excluding hydrogens is 410 g/mol. The molecule has 0 radical (unpaired) electrons. The van der Waals surface area contributed by atoms with Gasteiger partial charge in [-0.05, 0) is 42.5 Å². The predicted molar refractivity (Wildman–Crippen MR) is 122 cm³/mol. The number of carbonyl (C=O) groups excluding carboxylic acids is 2. The Morgan fingerprint density at radius 3 is 2.78 bits per heavy atom. The highest BCUT2D eigenvalue weighted by Crippen LogP contribution is 2.42. The van der Waals surface area contributed by atoms with E-state index in [9.17, 15) is 9.59 Å². The molecule has 164 valence electrons. The van der Waals surface area contributed by atoms with Crippen molar-refractivity contribution in [3.63, 3.8) is 0 Å². The average Bonchev–Trinajstić information content (AvgIpc) is 3.31. The first-order valence-electron chi connectivity index (χ1n) is 10.1. The highest BCUT2D eigenvalue weighted by atomic mass is 16.5. The van der Waals surface area contributed by atoms with Crippen LogP contribution in [0.2, 0.25) is 0 Å². The van der Waals surface area contributed by atoms with Gasteiger partial charge in [-0.25, -0.2) is 4.99 Å². The summed E-state index contributed by atoms with van der Waals surface area (Å²) in [6.07, 6.45) is 2.94. The van der Waals surface area contributed by atoms with Crippen LogP contribution in [0.1, 0.15) is 15.9 Å². The maximum atomic E-state index is 12.3. The minimum Gasteiger partial charge on any atom is -0.491 e. The number of amidine groups is 1. The maximum absolute atomic E-state index is 12.3. The third-order valence-corrected chi connectivity index (χ3v) is 4.99. The van der Waals surface area contributed by atoms with Crippen molar-refractivity contribution < 1.29 is 19.1 Å². The average molecular weight is 433 g/mol. The van der Waals surface area contributed by atoms with E-state index in [2.05, 4.69) is 27.2 Å². The van der Waals surface area contributed by atoms with Crippen molar-refractivity contribution in [2.75, 3.05) is 38.7 Å². The van der Waals surface area contributed by atoms with Gasteiger partial charge in [-0.1, -0.05) is 6.58 Å². The second-order valence-corrected chi connectivity index (χ2v) is 7.01.